The normalized spacial score (nSPS) is 31.5. The Bertz CT molecular complexity index is 1290. The van der Waals surface area contributed by atoms with Gasteiger partial charge in [-0.15, -0.1) is 0 Å². The predicted octanol–water partition coefficient (Wildman–Crippen LogP) is -0.667. The van der Waals surface area contributed by atoms with Gasteiger partial charge in [-0.25, -0.2) is 4.79 Å². The first-order chi connectivity index (χ1) is 23.7. The van der Waals surface area contributed by atoms with Crippen molar-refractivity contribution in [1.82, 2.24) is 21.3 Å². The fraction of sp³-hybridized carbons (Fsp3) is 0.844. The van der Waals surface area contributed by atoms with Crippen molar-refractivity contribution in [3.63, 3.8) is 0 Å². The maximum Gasteiger partial charge on any atom is 0.408 e. The van der Waals surface area contributed by atoms with E-state index in [0.29, 0.717) is 0 Å². The Balaban J connectivity index is 1.40. The minimum absolute atomic E-state index is 0.268. The van der Waals surface area contributed by atoms with Gasteiger partial charge < -0.3 is 68.6 Å². The molecule has 10 atom stereocenters. The van der Waals surface area contributed by atoms with Crippen LogP contribution >= 0.6 is 0 Å². The fourth-order valence-corrected chi connectivity index (χ4v) is 6.39. The van der Waals surface area contributed by atoms with Crippen molar-refractivity contribution in [2.75, 3.05) is 34.4 Å². The van der Waals surface area contributed by atoms with Crippen molar-refractivity contribution in [3.05, 3.63) is 0 Å². The monoisotopic (exact) mass is 732 g/mol. The van der Waals surface area contributed by atoms with Crippen LogP contribution in [0.5, 0.6) is 0 Å². The van der Waals surface area contributed by atoms with Crippen LogP contribution in [0.25, 0.3) is 0 Å². The second kappa shape index (κ2) is 16.2. The molecule has 0 aromatic heterocycles. The first-order valence-corrected chi connectivity index (χ1v) is 16.7. The highest BCUT2D eigenvalue weighted by molar-refractivity contribution is 5.86. The van der Waals surface area contributed by atoms with Crippen molar-refractivity contribution in [2.45, 2.75) is 140 Å². The van der Waals surface area contributed by atoms with E-state index in [4.69, 9.17) is 47.4 Å². The van der Waals surface area contributed by atoms with E-state index in [2.05, 4.69) is 21.3 Å². The van der Waals surface area contributed by atoms with E-state index in [0.717, 1.165) is 0 Å². The first-order valence-electron chi connectivity index (χ1n) is 16.7. The van der Waals surface area contributed by atoms with Crippen LogP contribution in [-0.2, 0) is 66.5 Å². The number of nitrogens with one attached hydrogen (secondary N) is 4. The lowest BCUT2D eigenvalue weighted by Gasteiger charge is -2.31. The molecule has 51 heavy (non-hydrogen) atoms. The molecule has 0 aromatic carbocycles. The molecule has 0 bridgehead atoms. The van der Waals surface area contributed by atoms with Crippen molar-refractivity contribution in [2.24, 2.45) is 0 Å². The van der Waals surface area contributed by atoms with Gasteiger partial charge in [-0.3, -0.25) is 19.2 Å². The minimum atomic E-state index is -1.02. The van der Waals surface area contributed by atoms with Crippen LogP contribution in [0.4, 0.5) is 4.79 Å². The molecule has 4 saturated heterocycles. The van der Waals surface area contributed by atoms with Gasteiger partial charge in [0.05, 0.1) is 32.2 Å². The average molecular weight is 733 g/mol. The van der Waals surface area contributed by atoms with Gasteiger partial charge in [-0.05, 0) is 48.5 Å². The van der Waals surface area contributed by atoms with Crippen LogP contribution < -0.4 is 21.3 Å². The van der Waals surface area contributed by atoms with E-state index in [1.165, 1.54) is 21.3 Å². The molecule has 4 N–H and O–H groups in total. The largest absolute Gasteiger partial charge is 0.469 e. The van der Waals surface area contributed by atoms with Gasteiger partial charge in [0.25, 0.3) is 0 Å². The summed E-state index contributed by atoms with van der Waals surface area (Å²) in [4.78, 5) is 63.8. The van der Waals surface area contributed by atoms with E-state index in [1.807, 2.05) is 0 Å². The third-order valence-corrected chi connectivity index (χ3v) is 8.34. The zero-order valence-corrected chi connectivity index (χ0v) is 30.7. The van der Waals surface area contributed by atoms with Crippen LogP contribution in [0, 0.1) is 0 Å². The summed E-state index contributed by atoms with van der Waals surface area (Å²) in [7, 11) is 4.10. The number of methoxy groups -OCH3 is 3. The van der Waals surface area contributed by atoms with Crippen LogP contribution in [-0.4, -0.2) is 143 Å². The smallest absolute Gasteiger partial charge is 0.408 e. The number of ether oxygens (including phenoxy) is 10. The maximum absolute atomic E-state index is 13.3. The van der Waals surface area contributed by atoms with Gasteiger partial charge in [-0.1, -0.05) is 0 Å². The molecular weight excluding hydrogens is 680 g/mol. The van der Waals surface area contributed by atoms with E-state index < -0.39 is 121 Å². The molecule has 0 aromatic rings. The summed E-state index contributed by atoms with van der Waals surface area (Å²) in [6, 6.07) is -1.95. The molecule has 4 fully saturated rings. The number of fused-ring (bicyclic) bond motifs is 2. The summed E-state index contributed by atoms with van der Waals surface area (Å²) in [5, 5.41) is 10.3. The van der Waals surface area contributed by atoms with Crippen LogP contribution in [0.15, 0.2) is 0 Å². The Hall–Kier alpha value is -3.17. The number of alkyl carbamates (subject to hydrolysis) is 1. The SMILES string of the molecule is COC(=O)C[C@H](NC(=O)CNC(=O)C[C@H](NC(=O)CNC(=O)OC(C)(C)C)[C@H]1O[C@@H]2OC(C)(C)O[C@@H]2[C@H]1OC)[C@H]1O[C@@H]2OC(C)(C)O[C@@H]2[C@H]1OC. The average Bonchev–Trinajstić information content (AvgIpc) is 3.70. The van der Waals surface area contributed by atoms with Gasteiger partial charge in [-0.2, -0.15) is 0 Å². The molecule has 0 unspecified atom stereocenters. The molecule has 0 spiro atoms. The lowest BCUT2D eigenvalue weighted by atomic mass is 9.99. The molecule has 4 aliphatic rings. The summed E-state index contributed by atoms with van der Waals surface area (Å²) in [6.07, 6.45) is -7.59. The van der Waals surface area contributed by atoms with E-state index in [9.17, 15) is 24.0 Å². The highest BCUT2D eigenvalue weighted by Gasteiger charge is 2.58. The van der Waals surface area contributed by atoms with Crippen LogP contribution in [0.3, 0.4) is 0 Å². The quantitative estimate of drug-likeness (QED) is 0.163. The Labute approximate surface area is 296 Å². The Morgan fingerprint density at radius 2 is 1.12 bits per heavy atom. The topological polar surface area (TPSA) is 226 Å². The standard InChI is InChI=1S/C32H52N4O15/c1-30(2,3)51-29(41)34-14-19(39)35-15(21-23(43-9)25-27(45-21)49-31(4,5)47-25)11-17(37)33-13-18(38)36-16(12-20(40)42-8)22-24(44-10)26-28(46-22)50-32(6,7)48-26/h15-16,21-28H,11-14H2,1-10H3,(H,33,37)(H,34,41)(H,35,39)(H,36,38)/t15-,16-,21+,22+,23-,24-,25+,26+,27+,28+/m0/s1. The molecule has 290 valence electrons. The van der Waals surface area contributed by atoms with Crippen molar-refractivity contribution < 1.29 is 71.3 Å². The number of carbonyl (C=O) groups excluding carboxylic acids is 5. The van der Waals surface area contributed by atoms with Gasteiger partial charge >= 0.3 is 12.1 Å². The van der Waals surface area contributed by atoms with E-state index >= 15 is 0 Å². The van der Waals surface area contributed by atoms with Crippen LogP contribution in [0.1, 0.15) is 61.3 Å². The molecule has 19 heteroatoms. The van der Waals surface area contributed by atoms with Gasteiger partial charge in [0.15, 0.2) is 24.2 Å². The number of amides is 4. The third-order valence-electron chi connectivity index (χ3n) is 8.34. The van der Waals surface area contributed by atoms with Crippen molar-refractivity contribution >= 4 is 29.8 Å². The summed E-state index contributed by atoms with van der Waals surface area (Å²) in [5.74, 6) is -4.43. The Kier molecular flexibility index (Phi) is 12.9. The molecule has 19 nitrogen and oxygen atoms in total. The first kappa shape index (κ1) is 40.6. The molecule has 4 rings (SSSR count). The molecular formula is C32H52N4O15. The molecule has 0 saturated carbocycles. The number of hydrogen-bond donors (Lipinski definition) is 4. The zero-order chi connectivity index (χ0) is 37.9. The Morgan fingerprint density at radius 1 is 0.667 bits per heavy atom. The van der Waals surface area contributed by atoms with Crippen LogP contribution in [0.2, 0.25) is 0 Å². The molecule has 0 aliphatic carbocycles. The second-order valence-electron chi connectivity index (χ2n) is 14.5. The van der Waals surface area contributed by atoms with Gasteiger partial charge in [0.2, 0.25) is 17.7 Å². The lowest BCUT2D eigenvalue weighted by molar-refractivity contribution is -0.220. The summed E-state index contributed by atoms with van der Waals surface area (Å²) < 4.78 is 56.9. The van der Waals surface area contributed by atoms with Gasteiger partial charge in [0, 0.05) is 20.6 Å². The maximum atomic E-state index is 13.3. The third kappa shape index (κ3) is 10.7. The number of esters is 1. The second-order valence-corrected chi connectivity index (χ2v) is 14.5. The number of hydrogen-bond acceptors (Lipinski definition) is 15. The summed E-state index contributed by atoms with van der Waals surface area (Å²) in [5.41, 5.74) is -0.781. The van der Waals surface area contributed by atoms with E-state index in [1.54, 1.807) is 48.5 Å². The summed E-state index contributed by atoms with van der Waals surface area (Å²) in [6.45, 7) is 11.0. The minimum Gasteiger partial charge on any atom is -0.469 e. The predicted molar refractivity (Wildman–Crippen MR) is 171 cm³/mol. The molecule has 4 aliphatic heterocycles. The number of carbonyl (C=O) groups is 5. The highest BCUT2D eigenvalue weighted by Crippen LogP contribution is 2.41. The van der Waals surface area contributed by atoms with Crippen molar-refractivity contribution in [1.29, 1.82) is 0 Å². The highest BCUT2D eigenvalue weighted by atomic mass is 16.9. The lowest BCUT2D eigenvalue weighted by Crippen LogP contribution is -2.55. The molecule has 4 heterocycles. The molecule has 0 radical (unpaired) electrons. The zero-order valence-electron chi connectivity index (χ0n) is 30.7. The summed E-state index contributed by atoms with van der Waals surface area (Å²) >= 11 is 0. The van der Waals surface area contributed by atoms with E-state index in [-0.39, 0.29) is 12.8 Å². The fourth-order valence-electron chi connectivity index (χ4n) is 6.39. The van der Waals surface area contributed by atoms with Crippen molar-refractivity contribution in [3.8, 4) is 0 Å². The number of rotatable bonds is 14. The Morgan fingerprint density at radius 3 is 1.55 bits per heavy atom. The van der Waals surface area contributed by atoms with Gasteiger partial charge in [0.1, 0.15) is 48.8 Å². The molecule has 4 amide bonds.